The lowest BCUT2D eigenvalue weighted by Gasteiger charge is -2.26. The van der Waals surface area contributed by atoms with Gasteiger partial charge in [0.05, 0.1) is 10.6 Å². The van der Waals surface area contributed by atoms with Gasteiger partial charge in [0.25, 0.3) is 10.0 Å². The standard InChI is InChI=1S/C18H21NO2S/c1-12-9-13(2)18(14(3)10-12)22(20,21)19-15(4)11-16-7-5-6-8-17(16)19/h5-10,15H,11H2,1-4H3/t15-/m1/s1. The third kappa shape index (κ3) is 2.22. The molecule has 0 aliphatic carbocycles. The van der Waals surface area contributed by atoms with Crippen LogP contribution < -0.4 is 4.31 Å². The molecule has 1 aliphatic heterocycles. The number of hydrogen-bond acceptors (Lipinski definition) is 2. The number of benzene rings is 2. The van der Waals surface area contributed by atoms with Crippen molar-refractivity contribution in [1.29, 1.82) is 0 Å². The Morgan fingerprint density at radius 3 is 2.27 bits per heavy atom. The van der Waals surface area contributed by atoms with Gasteiger partial charge in [-0.1, -0.05) is 35.9 Å². The fraction of sp³-hybridized carbons (Fsp3) is 0.333. The molecule has 2 aromatic carbocycles. The average molecular weight is 315 g/mol. The van der Waals surface area contributed by atoms with E-state index in [0.717, 1.165) is 34.4 Å². The maximum absolute atomic E-state index is 13.3. The van der Waals surface area contributed by atoms with Crippen molar-refractivity contribution in [1.82, 2.24) is 0 Å². The Bertz CT molecular complexity index is 817. The normalized spacial score (nSPS) is 17.6. The number of para-hydroxylation sites is 1. The van der Waals surface area contributed by atoms with Crippen molar-refractivity contribution >= 4 is 15.7 Å². The van der Waals surface area contributed by atoms with Crippen LogP contribution in [-0.4, -0.2) is 14.5 Å². The molecule has 0 N–H and O–H groups in total. The zero-order chi connectivity index (χ0) is 16.1. The molecule has 0 saturated heterocycles. The summed E-state index contributed by atoms with van der Waals surface area (Å²) in [5.41, 5.74) is 4.63. The average Bonchev–Trinajstić information content (AvgIpc) is 2.73. The van der Waals surface area contributed by atoms with Gasteiger partial charge in [0.15, 0.2) is 0 Å². The summed E-state index contributed by atoms with van der Waals surface area (Å²) in [5, 5.41) is 0. The van der Waals surface area contributed by atoms with Crippen LogP contribution in [0.25, 0.3) is 0 Å². The fourth-order valence-corrected chi connectivity index (χ4v) is 5.69. The molecule has 1 atom stereocenters. The number of sulfonamides is 1. The third-order valence-corrected chi connectivity index (χ3v) is 6.50. The van der Waals surface area contributed by atoms with Crippen LogP contribution in [0.4, 0.5) is 5.69 Å². The maximum Gasteiger partial charge on any atom is 0.265 e. The fourth-order valence-electron chi connectivity index (χ4n) is 3.58. The quantitative estimate of drug-likeness (QED) is 0.846. The maximum atomic E-state index is 13.3. The predicted octanol–water partition coefficient (Wildman–Crippen LogP) is 3.75. The zero-order valence-corrected chi connectivity index (χ0v) is 14.2. The molecule has 116 valence electrons. The smallest absolute Gasteiger partial charge is 0.263 e. The molecule has 0 amide bonds. The zero-order valence-electron chi connectivity index (χ0n) is 13.4. The van der Waals surface area contributed by atoms with E-state index in [4.69, 9.17) is 0 Å². The van der Waals surface area contributed by atoms with Crippen LogP contribution in [0.3, 0.4) is 0 Å². The van der Waals surface area contributed by atoms with Gasteiger partial charge in [0, 0.05) is 6.04 Å². The van der Waals surface area contributed by atoms with E-state index >= 15 is 0 Å². The van der Waals surface area contributed by atoms with Crippen molar-refractivity contribution in [3.63, 3.8) is 0 Å². The molecule has 2 aromatic rings. The van der Waals surface area contributed by atoms with Gasteiger partial charge >= 0.3 is 0 Å². The van der Waals surface area contributed by atoms with E-state index in [1.54, 1.807) is 4.31 Å². The number of nitrogens with zero attached hydrogens (tertiary/aromatic N) is 1. The largest absolute Gasteiger partial charge is 0.265 e. The molecule has 4 heteroatoms. The van der Waals surface area contributed by atoms with Crippen LogP contribution in [0.5, 0.6) is 0 Å². The van der Waals surface area contributed by atoms with Crippen molar-refractivity contribution < 1.29 is 8.42 Å². The molecule has 1 heterocycles. The molecule has 0 bridgehead atoms. The van der Waals surface area contributed by atoms with Crippen molar-refractivity contribution in [2.75, 3.05) is 4.31 Å². The first kappa shape index (κ1) is 15.1. The summed E-state index contributed by atoms with van der Waals surface area (Å²) in [5.74, 6) is 0. The minimum atomic E-state index is -3.55. The number of fused-ring (bicyclic) bond motifs is 1. The Hall–Kier alpha value is -1.81. The van der Waals surface area contributed by atoms with Crippen molar-refractivity contribution in [2.24, 2.45) is 0 Å². The Balaban J connectivity index is 2.20. The van der Waals surface area contributed by atoms with Gasteiger partial charge < -0.3 is 0 Å². The molecule has 22 heavy (non-hydrogen) atoms. The van der Waals surface area contributed by atoms with Crippen molar-refractivity contribution in [2.45, 2.75) is 45.1 Å². The summed E-state index contributed by atoms with van der Waals surface area (Å²) < 4.78 is 28.2. The van der Waals surface area contributed by atoms with Gasteiger partial charge in [-0.05, 0) is 56.9 Å². The first-order valence-electron chi connectivity index (χ1n) is 7.52. The van der Waals surface area contributed by atoms with E-state index in [1.165, 1.54) is 0 Å². The number of aryl methyl sites for hydroxylation is 3. The molecule has 0 radical (unpaired) electrons. The van der Waals surface area contributed by atoms with Crippen LogP contribution in [-0.2, 0) is 16.4 Å². The molecular weight excluding hydrogens is 294 g/mol. The number of hydrogen-bond donors (Lipinski definition) is 0. The number of rotatable bonds is 2. The topological polar surface area (TPSA) is 37.4 Å². The Labute approximate surface area is 132 Å². The molecule has 0 aromatic heterocycles. The predicted molar refractivity (Wildman–Crippen MR) is 89.9 cm³/mol. The second kappa shape index (κ2) is 5.13. The van der Waals surface area contributed by atoms with Gasteiger partial charge in [-0.15, -0.1) is 0 Å². The Morgan fingerprint density at radius 1 is 1.05 bits per heavy atom. The summed E-state index contributed by atoms with van der Waals surface area (Å²) >= 11 is 0. The summed E-state index contributed by atoms with van der Waals surface area (Å²) in [6.45, 7) is 7.71. The first-order chi connectivity index (χ1) is 10.3. The van der Waals surface area contributed by atoms with Gasteiger partial charge in [0.1, 0.15) is 0 Å². The highest BCUT2D eigenvalue weighted by atomic mass is 32.2. The molecular formula is C18H21NO2S. The van der Waals surface area contributed by atoms with Crippen LogP contribution in [0, 0.1) is 20.8 Å². The van der Waals surface area contributed by atoms with Crippen LogP contribution in [0.15, 0.2) is 41.3 Å². The molecule has 0 saturated carbocycles. The highest BCUT2D eigenvalue weighted by molar-refractivity contribution is 7.93. The molecule has 0 unspecified atom stereocenters. The second-order valence-electron chi connectivity index (χ2n) is 6.21. The van der Waals surface area contributed by atoms with Crippen molar-refractivity contribution in [3.05, 3.63) is 58.7 Å². The SMILES string of the molecule is Cc1cc(C)c(S(=O)(=O)N2c3ccccc3C[C@H]2C)c(C)c1. The summed E-state index contributed by atoms with van der Waals surface area (Å²) in [6.07, 6.45) is 0.763. The van der Waals surface area contributed by atoms with E-state index in [-0.39, 0.29) is 6.04 Å². The summed E-state index contributed by atoms with van der Waals surface area (Å²) in [6, 6.07) is 11.6. The molecule has 0 spiro atoms. The van der Waals surface area contributed by atoms with Gasteiger partial charge in [-0.2, -0.15) is 0 Å². The monoisotopic (exact) mass is 315 g/mol. The van der Waals surface area contributed by atoms with Crippen LogP contribution in [0.2, 0.25) is 0 Å². The van der Waals surface area contributed by atoms with Gasteiger partial charge in [0.2, 0.25) is 0 Å². The molecule has 3 rings (SSSR count). The molecule has 3 nitrogen and oxygen atoms in total. The lowest BCUT2D eigenvalue weighted by atomic mass is 10.1. The van der Waals surface area contributed by atoms with E-state index < -0.39 is 10.0 Å². The summed E-state index contributed by atoms with van der Waals surface area (Å²) in [7, 11) is -3.55. The molecule has 1 aliphatic rings. The lowest BCUT2D eigenvalue weighted by Crippen LogP contribution is -2.36. The Morgan fingerprint density at radius 2 is 1.64 bits per heavy atom. The van der Waals surface area contributed by atoms with Crippen molar-refractivity contribution in [3.8, 4) is 0 Å². The van der Waals surface area contributed by atoms with Gasteiger partial charge in [-0.25, -0.2) is 8.42 Å². The third-order valence-electron chi connectivity index (χ3n) is 4.27. The first-order valence-corrected chi connectivity index (χ1v) is 8.96. The Kier molecular flexibility index (Phi) is 3.52. The van der Waals surface area contributed by atoms with E-state index in [0.29, 0.717) is 4.90 Å². The van der Waals surface area contributed by atoms with Crippen LogP contribution in [0.1, 0.15) is 29.2 Å². The second-order valence-corrected chi connectivity index (χ2v) is 7.96. The highest BCUT2D eigenvalue weighted by Crippen LogP contribution is 2.38. The molecule has 0 fully saturated rings. The lowest BCUT2D eigenvalue weighted by molar-refractivity contribution is 0.583. The number of anilines is 1. The van der Waals surface area contributed by atoms with E-state index in [2.05, 4.69) is 0 Å². The minimum absolute atomic E-state index is 0.0532. The highest BCUT2D eigenvalue weighted by Gasteiger charge is 2.37. The van der Waals surface area contributed by atoms with E-state index in [1.807, 2.05) is 64.1 Å². The van der Waals surface area contributed by atoms with Gasteiger partial charge in [-0.3, -0.25) is 4.31 Å². The van der Waals surface area contributed by atoms with Crippen LogP contribution >= 0.6 is 0 Å². The minimum Gasteiger partial charge on any atom is -0.263 e. The summed E-state index contributed by atoms with van der Waals surface area (Å²) in [4.78, 5) is 0.446. The van der Waals surface area contributed by atoms with E-state index in [9.17, 15) is 8.42 Å².